The second-order valence-electron chi connectivity index (χ2n) is 5.91. The summed E-state index contributed by atoms with van der Waals surface area (Å²) in [5.74, 6) is -3.03. The number of halogens is 1. The molecular weight excluding hydrogens is 329 g/mol. The molecule has 0 aliphatic heterocycles. The minimum Gasteiger partial charge on any atom is -0.504 e. The van der Waals surface area contributed by atoms with Crippen LogP contribution in [0.15, 0.2) is 24.4 Å². The first-order valence-electron chi connectivity index (χ1n) is 7.83. The third-order valence-electron chi connectivity index (χ3n) is 4.08. The van der Waals surface area contributed by atoms with Crippen LogP contribution in [-0.4, -0.2) is 37.9 Å². The molecule has 2 aromatic rings. The lowest BCUT2D eigenvalue weighted by atomic mass is 9.99. The Morgan fingerprint density at radius 3 is 2.64 bits per heavy atom. The average Bonchev–Trinajstić information content (AvgIpc) is 2.93. The van der Waals surface area contributed by atoms with Crippen LogP contribution >= 0.6 is 0 Å². The van der Waals surface area contributed by atoms with Gasteiger partial charge in [-0.15, -0.1) is 0 Å². The van der Waals surface area contributed by atoms with Crippen LogP contribution < -0.4 is 5.32 Å². The number of hydrogen-bond acceptors (Lipinski definition) is 4. The van der Waals surface area contributed by atoms with Gasteiger partial charge in [-0.25, -0.2) is 13.9 Å². The number of carboxylic acids is 1. The summed E-state index contributed by atoms with van der Waals surface area (Å²) >= 11 is 0. The molecule has 0 bridgehead atoms. The highest BCUT2D eigenvalue weighted by atomic mass is 19.1. The summed E-state index contributed by atoms with van der Waals surface area (Å²) in [4.78, 5) is 23.6. The Morgan fingerprint density at radius 2 is 2.08 bits per heavy atom. The van der Waals surface area contributed by atoms with Gasteiger partial charge < -0.3 is 15.5 Å². The second kappa shape index (κ2) is 7.33. The predicted octanol–water partition coefficient (Wildman–Crippen LogP) is 2.25. The third kappa shape index (κ3) is 3.96. The fraction of sp³-hybridized carbons (Fsp3) is 0.353. The number of aliphatic carboxylic acids is 1. The molecule has 1 aromatic heterocycles. The van der Waals surface area contributed by atoms with Gasteiger partial charge >= 0.3 is 5.97 Å². The van der Waals surface area contributed by atoms with Crippen LogP contribution in [0.3, 0.4) is 0 Å². The van der Waals surface area contributed by atoms with Crippen molar-refractivity contribution >= 4 is 11.9 Å². The van der Waals surface area contributed by atoms with Gasteiger partial charge in [0.25, 0.3) is 5.91 Å². The number of carboxylic acid groups (broad SMARTS) is 1. The van der Waals surface area contributed by atoms with Gasteiger partial charge in [-0.1, -0.05) is 20.3 Å². The maximum absolute atomic E-state index is 13.2. The van der Waals surface area contributed by atoms with E-state index in [1.165, 1.54) is 29.1 Å². The fourth-order valence-electron chi connectivity index (χ4n) is 2.42. The smallest absolute Gasteiger partial charge is 0.326 e. The van der Waals surface area contributed by atoms with Gasteiger partial charge in [-0.2, -0.15) is 5.10 Å². The molecule has 134 valence electrons. The van der Waals surface area contributed by atoms with E-state index in [9.17, 15) is 24.2 Å². The Morgan fingerprint density at radius 1 is 1.40 bits per heavy atom. The molecule has 0 saturated carbocycles. The van der Waals surface area contributed by atoms with Crippen LogP contribution in [0.2, 0.25) is 0 Å². The Hall–Kier alpha value is -2.90. The highest BCUT2D eigenvalue weighted by Crippen LogP contribution is 2.21. The molecule has 1 aromatic carbocycles. The molecule has 0 spiro atoms. The molecule has 7 nitrogen and oxygen atoms in total. The maximum Gasteiger partial charge on any atom is 0.326 e. The number of aromatic hydroxyl groups is 1. The summed E-state index contributed by atoms with van der Waals surface area (Å²) in [5, 5.41) is 25.6. The van der Waals surface area contributed by atoms with Crippen molar-refractivity contribution in [2.75, 3.05) is 0 Å². The van der Waals surface area contributed by atoms with E-state index < -0.39 is 29.5 Å². The number of carbonyl (C=O) groups is 2. The SMILES string of the molecule is CC[C@H](C)[C@H](NC(=O)c1nn(-c2ccc(F)cc2C)cc1O)C(=O)O. The van der Waals surface area contributed by atoms with Gasteiger partial charge in [0.1, 0.15) is 11.9 Å². The Kier molecular flexibility index (Phi) is 5.41. The molecule has 1 amide bonds. The summed E-state index contributed by atoms with van der Waals surface area (Å²) in [6, 6.07) is 2.92. The second-order valence-corrected chi connectivity index (χ2v) is 5.91. The third-order valence-corrected chi connectivity index (χ3v) is 4.08. The van der Waals surface area contributed by atoms with Crippen molar-refractivity contribution in [2.45, 2.75) is 33.2 Å². The van der Waals surface area contributed by atoms with E-state index in [-0.39, 0.29) is 11.6 Å². The number of benzene rings is 1. The van der Waals surface area contributed by atoms with Gasteiger partial charge in [0.15, 0.2) is 11.4 Å². The normalized spacial score (nSPS) is 13.3. The van der Waals surface area contributed by atoms with Crippen LogP contribution in [0.1, 0.15) is 36.3 Å². The lowest BCUT2D eigenvalue weighted by Crippen LogP contribution is -2.45. The number of amides is 1. The van der Waals surface area contributed by atoms with E-state index in [0.717, 1.165) is 0 Å². The molecule has 0 aliphatic rings. The van der Waals surface area contributed by atoms with Gasteiger partial charge in [0, 0.05) is 0 Å². The Bertz CT molecular complexity index is 803. The monoisotopic (exact) mass is 349 g/mol. The van der Waals surface area contributed by atoms with E-state index in [2.05, 4.69) is 10.4 Å². The van der Waals surface area contributed by atoms with Gasteiger partial charge in [0.2, 0.25) is 0 Å². The van der Waals surface area contributed by atoms with Crippen molar-refractivity contribution in [3.05, 3.63) is 41.5 Å². The van der Waals surface area contributed by atoms with Crippen LogP contribution in [0.4, 0.5) is 4.39 Å². The van der Waals surface area contributed by atoms with Crippen LogP contribution in [-0.2, 0) is 4.79 Å². The summed E-state index contributed by atoms with van der Waals surface area (Å²) in [5.41, 5.74) is 0.767. The van der Waals surface area contributed by atoms with Crippen LogP contribution in [0.5, 0.6) is 5.75 Å². The molecule has 2 atom stereocenters. The van der Waals surface area contributed by atoms with Crippen molar-refractivity contribution in [1.29, 1.82) is 0 Å². The van der Waals surface area contributed by atoms with E-state index in [4.69, 9.17) is 0 Å². The summed E-state index contributed by atoms with van der Waals surface area (Å²) < 4.78 is 14.5. The lowest BCUT2D eigenvalue weighted by molar-refractivity contribution is -0.140. The zero-order chi connectivity index (χ0) is 18.7. The Balaban J connectivity index is 2.30. The van der Waals surface area contributed by atoms with Crippen molar-refractivity contribution in [3.63, 3.8) is 0 Å². The van der Waals surface area contributed by atoms with Crippen LogP contribution in [0, 0.1) is 18.7 Å². The maximum atomic E-state index is 13.2. The summed E-state index contributed by atoms with van der Waals surface area (Å²) in [7, 11) is 0. The molecule has 2 rings (SSSR count). The van der Waals surface area contributed by atoms with Gasteiger partial charge in [0.05, 0.1) is 11.9 Å². The zero-order valence-electron chi connectivity index (χ0n) is 14.2. The summed E-state index contributed by atoms with van der Waals surface area (Å²) in [6.45, 7) is 5.19. The summed E-state index contributed by atoms with van der Waals surface area (Å²) in [6.07, 6.45) is 1.78. The molecule has 0 radical (unpaired) electrons. The molecule has 0 saturated heterocycles. The Labute approximate surface area is 144 Å². The molecule has 25 heavy (non-hydrogen) atoms. The number of hydrogen-bond donors (Lipinski definition) is 3. The van der Waals surface area contributed by atoms with Gasteiger partial charge in [-0.05, 0) is 36.6 Å². The molecule has 1 heterocycles. The number of aryl methyl sites for hydroxylation is 1. The van der Waals surface area contributed by atoms with E-state index in [0.29, 0.717) is 17.7 Å². The highest BCUT2D eigenvalue weighted by molar-refractivity contribution is 5.97. The van der Waals surface area contributed by atoms with E-state index in [1.54, 1.807) is 13.8 Å². The molecule has 8 heteroatoms. The first-order valence-corrected chi connectivity index (χ1v) is 7.83. The highest BCUT2D eigenvalue weighted by Gasteiger charge is 2.28. The minimum absolute atomic E-state index is 0.287. The van der Waals surface area contributed by atoms with Crippen LogP contribution in [0.25, 0.3) is 5.69 Å². The number of carbonyl (C=O) groups excluding carboxylic acids is 1. The molecule has 0 fully saturated rings. The van der Waals surface area contributed by atoms with Crippen molar-refractivity contribution < 1.29 is 24.2 Å². The molecule has 0 aliphatic carbocycles. The molecular formula is C17H20FN3O4. The molecule has 3 N–H and O–H groups in total. The fourth-order valence-corrected chi connectivity index (χ4v) is 2.42. The first kappa shape index (κ1) is 18.4. The number of nitrogens with zero attached hydrogens (tertiary/aromatic N) is 2. The van der Waals surface area contributed by atoms with E-state index >= 15 is 0 Å². The minimum atomic E-state index is -1.16. The van der Waals surface area contributed by atoms with Crippen molar-refractivity contribution in [1.82, 2.24) is 15.1 Å². The zero-order valence-corrected chi connectivity index (χ0v) is 14.2. The topological polar surface area (TPSA) is 104 Å². The largest absolute Gasteiger partial charge is 0.504 e. The number of aromatic nitrogens is 2. The number of nitrogens with one attached hydrogen (secondary N) is 1. The number of rotatable bonds is 6. The standard InChI is InChI=1S/C17H20FN3O4/c1-4-9(2)14(17(24)25)19-16(23)15-13(22)8-21(20-15)12-6-5-11(18)7-10(12)3/h5-9,14,22H,4H2,1-3H3,(H,19,23)(H,24,25)/t9-,14-/m0/s1. The van der Waals surface area contributed by atoms with Gasteiger partial charge in [-0.3, -0.25) is 4.79 Å². The van der Waals surface area contributed by atoms with Crippen molar-refractivity contribution in [2.24, 2.45) is 5.92 Å². The predicted molar refractivity (Wildman–Crippen MR) is 88.3 cm³/mol. The quantitative estimate of drug-likeness (QED) is 0.742. The van der Waals surface area contributed by atoms with E-state index in [1.807, 2.05) is 6.92 Å². The molecule has 0 unspecified atom stereocenters. The van der Waals surface area contributed by atoms with Crippen molar-refractivity contribution in [3.8, 4) is 11.4 Å². The average molecular weight is 349 g/mol. The first-order chi connectivity index (χ1) is 11.7. The lowest BCUT2D eigenvalue weighted by Gasteiger charge is -2.19.